The minimum atomic E-state index is 0.581. The van der Waals surface area contributed by atoms with E-state index in [1.807, 2.05) is 0 Å². The number of likely N-dealkylation sites (tertiary alicyclic amines) is 1. The topological polar surface area (TPSA) is 3.24 Å². The van der Waals surface area contributed by atoms with Gasteiger partial charge in [-0.1, -0.05) is 24.3 Å². The quantitative estimate of drug-likeness (QED) is 0.573. The molecule has 0 aromatic carbocycles. The van der Waals surface area contributed by atoms with Crippen LogP contribution in [0.1, 0.15) is 26.7 Å². The molecule has 0 radical (unpaired) electrons. The van der Waals surface area contributed by atoms with Gasteiger partial charge in [0.25, 0.3) is 0 Å². The number of allylic oxidation sites excluding steroid dienone is 2. The Morgan fingerprint density at radius 2 is 1.50 bits per heavy atom. The van der Waals surface area contributed by atoms with E-state index in [0.29, 0.717) is 6.04 Å². The highest BCUT2D eigenvalue weighted by Gasteiger charge is 2.31. The molecule has 2 aliphatic rings. The van der Waals surface area contributed by atoms with Crippen molar-refractivity contribution >= 4 is 0 Å². The molecule has 2 rings (SSSR count). The molecule has 0 N–H and O–H groups in total. The van der Waals surface area contributed by atoms with Gasteiger partial charge in [-0.15, -0.1) is 0 Å². The third-order valence-corrected chi connectivity index (χ3v) is 3.09. The van der Waals surface area contributed by atoms with Crippen molar-refractivity contribution in [1.29, 1.82) is 0 Å². The molecule has 0 amide bonds. The van der Waals surface area contributed by atoms with E-state index in [0.717, 1.165) is 12.1 Å². The Kier molecular flexibility index (Phi) is 2.05. The van der Waals surface area contributed by atoms with Gasteiger partial charge in [0.2, 0.25) is 0 Å². The molecule has 1 nitrogen and oxygen atoms in total. The van der Waals surface area contributed by atoms with Crippen LogP contribution >= 0.6 is 0 Å². The number of hydrogen-bond acceptors (Lipinski definition) is 1. The zero-order valence-electron chi connectivity index (χ0n) is 7.90. The summed E-state index contributed by atoms with van der Waals surface area (Å²) in [5.41, 5.74) is 0. The molecule has 1 heterocycles. The summed E-state index contributed by atoms with van der Waals surface area (Å²) in [6, 6.07) is 2.10. The summed E-state index contributed by atoms with van der Waals surface area (Å²) in [4.78, 5) is 2.61. The van der Waals surface area contributed by atoms with Crippen LogP contribution in [-0.4, -0.2) is 23.0 Å². The zero-order valence-corrected chi connectivity index (χ0v) is 7.90. The Labute approximate surface area is 74.8 Å². The second-order valence-electron chi connectivity index (χ2n) is 3.98. The molecular formula is C11H17N. The Bertz CT molecular complexity index is 195. The van der Waals surface area contributed by atoms with Gasteiger partial charge < -0.3 is 0 Å². The summed E-state index contributed by atoms with van der Waals surface area (Å²) >= 11 is 0. The van der Waals surface area contributed by atoms with Gasteiger partial charge in [0.15, 0.2) is 0 Å². The normalized spacial score (nSPS) is 36.8. The molecule has 1 fully saturated rings. The van der Waals surface area contributed by atoms with E-state index >= 15 is 0 Å². The van der Waals surface area contributed by atoms with Crippen molar-refractivity contribution in [2.45, 2.75) is 44.8 Å². The Balaban J connectivity index is 2.10. The Hall–Kier alpha value is -0.560. The van der Waals surface area contributed by atoms with Crippen LogP contribution in [0.5, 0.6) is 0 Å². The predicted molar refractivity (Wildman–Crippen MR) is 52.1 cm³/mol. The molecule has 0 spiro atoms. The zero-order chi connectivity index (χ0) is 8.55. The van der Waals surface area contributed by atoms with E-state index < -0.39 is 0 Å². The Morgan fingerprint density at radius 1 is 1.00 bits per heavy atom. The molecule has 0 aromatic heterocycles. The minimum Gasteiger partial charge on any atom is -0.288 e. The third kappa shape index (κ3) is 1.22. The number of rotatable bonds is 1. The fraction of sp³-hybridized carbons (Fsp3) is 0.636. The number of hydrogen-bond donors (Lipinski definition) is 0. The van der Waals surface area contributed by atoms with Crippen LogP contribution in [0.4, 0.5) is 0 Å². The van der Waals surface area contributed by atoms with E-state index in [9.17, 15) is 0 Å². The monoisotopic (exact) mass is 163 g/mol. The fourth-order valence-electron chi connectivity index (χ4n) is 2.42. The molecule has 12 heavy (non-hydrogen) atoms. The highest BCUT2D eigenvalue weighted by Crippen LogP contribution is 2.27. The van der Waals surface area contributed by atoms with Crippen LogP contribution in [0, 0.1) is 0 Å². The molecule has 2 atom stereocenters. The summed E-state index contributed by atoms with van der Waals surface area (Å²) in [6.45, 7) is 4.67. The van der Waals surface area contributed by atoms with Crippen LogP contribution in [0.2, 0.25) is 0 Å². The van der Waals surface area contributed by atoms with E-state index in [1.165, 1.54) is 12.8 Å². The predicted octanol–water partition coefficient (Wildman–Crippen LogP) is 2.35. The molecule has 1 aliphatic heterocycles. The molecule has 1 aliphatic carbocycles. The van der Waals surface area contributed by atoms with Crippen LogP contribution in [0.25, 0.3) is 0 Å². The molecule has 0 bridgehead atoms. The highest BCUT2D eigenvalue weighted by molar-refractivity contribution is 5.22. The second kappa shape index (κ2) is 3.06. The average molecular weight is 163 g/mol. The van der Waals surface area contributed by atoms with E-state index in [2.05, 4.69) is 43.1 Å². The second-order valence-corrected chi connectivity index (χ2v) is 3.98. The van der Waals surface area contributed by atoms with Crippen LogP contribution in [0.15, 0.2) is 24.3 Å². The van der Waals surface area contributed by atoms with Crippen molar-refractivity contribution in [1.82, 2.24) is 4.90 Å². The molecule has 1 heteroatoms. The third-order valence-electron chi connectivity index (χ3n) is 3.09. The standard InChI is InChI=1S/C11H17N/c1-9-7-8-10(2)12(9)11-5-3-4-6-11/h3-6,9-11H,7-8H2,1-2H3/t9-,10-/m0/s1. The largest absolute Gasteiger partial charge is 0.288 e. The van der Waals surface area contributed by atoms with Gasteiger partial charge in [-0.25, -0.2) is 0 Å². The summed E-state index contributed by atoms with van der Waals surface area (Å²) in [5, 5.41) is 0. The average Bonchev–Trinajstić information content (AvgIpc) is 2.61. The summed E-state index contributed by atoms with van der Waals surface area (Å²) in [6.07, 6.45) is 11.6. The maximum atomic E-state index is 2.61. The van der Waals surface area contributed by atoms with Crippen molar-refractivity contribution < 1.29 is 0 Å². The molecule has 1 saturated heterocycles. The summed E-state index contributed by atoms with van der Waals surface area (Å²) < 4.78 is 0. The number of nitrogens with zero attached hydrogens (tertiary/aromatic N) is 1. The lowest BCUT2D eigenvalue weighted by Gasteiger charge is -2.30. The first-order valence-electron chi connectivity index (χ1n) is 4.91. The van der Waals surface area contributed by atoms with Crippen molar-refractivity contribution in [3.63, 3.8) is 0 Å². The van der Waals surface area contributed by atoms with Crippen molar-refractivity contribution in [3.05, 3.63) is 24.3 Å². The fourth-order valence-corrected chi connectivity index (χ4v) is 2.42. The van der Waals surface area contributed by atoms with Gasteiger partial charge in [0.1, 0.15) is 0 Å². The molecule has 66 valence electrons. The molecule has 0 unspecified atom stereocenters. The van der Waals surface area contributed by atoms with E-state index in [-0.39, 0.29) is 0 Å². The smallest absolute Gasteiger partial charge is 0.0473 e. The first-order valence-corrected chi connectivity index (χ1v) is 4.91. The van der Waals surface area contributed by atoms with Crippen molar-refractivity contribution in [2.75, 3.05) is 0 Å². The first-order chi connectivity index (χ1) is 5.79. The highest BCUT2D eigenvalue weighted by atomic mass is 15.2. The first kappa shape index (κ1) is 8.06. The van der Waals surface area contributed by atoms with Gasteiger partial charge in [0.05, 0.1) is 0 Å². The van der Waals surface area contributed by atoms with Crippen molar-refractivity contribution in [2.24, 2.45) is 0 Å². The Morgan fingerprint density at radius 3 is 2.00 bits per heavy atom. The van der Waals surface area contributed by atoms with Gasteiger partial charge >= 0.3 is 0 Å². The lowest BCUT2D eigenvalue weighted by Crippen LogP contribution is -2.39. The van der Waals surface area contributed by atoms with Crippen LogP contribution in [-0.2, 0) is 0 Å². The maximum absolute atomic E-state index is 2.61. The van der Waals surface area contributed by atoms with Gasteiger partial charge in [0, 0.05) is 18.1 Å². The summed E-state index contributed by atoms with van der Waals surface area (Å²) in [7, 11) is 0. The van der Waals surface area contributed by atoms with Gasteiger partial charge in [-0.05, 0) is 26.7 Å². The minimum absolute atomic E-state index is 0.581. The lowest BCUT2D eigenvalue weighted by molar-refractivity contribution is 0.201. The van der Waals surface area contributed by atoms with Crippen LogP contribution < -0.4 is 0 Å². The van der Waals surface area contributed by atoms with E-state index in [4.69, 9.17) is 0 Å². The van der Waals surface area contributed by atoms with E-state index in [1.54, 1.807) is 0 Å². The molecule has 0 aromatic rings. The SMILES string of the molecule is C[C@H]1CC[C@H](C)N1C1C=CC=C1. The molecular weight excluding hydrogens is 146 g/mol. The summed E-state index contributed by atoms with van der Waals surface area (Å²) in [5.74, 6) is 0. The van der Waals surface area contributed by atoms with Crippen LogP contribution in [0.3, 0.4) is 0 Å². The lowest BCUT2D eigenvalue weighted by atomic mass is 10.2. The maximum Gasteiger partial charge on any atom is 0.0473 e. The molecule has 0 saturated carbocycles. The van der Waals surface area contributed by atoms with Gasteiger partial charge in [-0.3, -0.25) is 4.90 Å². The van der Waals surface area contributed by atoms with Crippen molar-refractivity contribution in [3.8, 4) is 0 Å². The van der Waals surface area contributed by atoms with Gasteiger partial charge in [-0.2, -0.15) is 0 Å².